The predicted molar refractivity (Wildman–Crippen MR) is 77.9 cm³/mol. The lowest BCUT2D eigenvalue weighted by molar-refractivity contribution is 0.340. The van der Waals surface area contributed by atoms with E-state index in [9.17, 15) is 4.39 Å². The highest BCUT2D eigenvalue weighted by molar-refractivity contribution is 5.47. The van der Waals surface area contributed by atoms with E-state index in [1.165, 1.54) is 7.11 Å². The van der Waals surface area contributed by atoms with Gasteiger partial charge in [-0.05, 0) is 37.3 Å². The molecule has 106 valence electrons. The first kappa shape index (κ1) is 14.2. The van der Waals surface area contributed by atoms with Crippen molar-refractivity contribution in [1.82, 2.24) is 0 Å². The highest BCUT2D eigenvalue weighted by atomic mass is 19.1. The second kappa shape index (κ2) is 6.80. The molecule has 2 aromatic rings. The van der Waals surface area contributed by atoms with Crippen LogP contribution in [0.1, 0.15) is 12.5 Å². The van der Waals surface area contributed by atoms with Gasteiger partial charge in [-0.3, -0.25) is 0 Å². The molecular weight excluding hydrogens is 257 g/mol. The summed E-state index contributed by atoms with van der Waals surface area (Å²) in [6.45, 7) is 2.98. The predicted octanol–water partition coefficient (Wildman–Crippen LogP) is 3.85. The van der Waals surface area contributed by atoms with Gasteiger partial charge < -0.3 is 14.8 Å². The molecule has 0 aliphatic carbocycles. The average Bonchev–Trinajstić information content (AvgIpc) is 2.48. The molecule has 0 heterocycles. The van der Waals surface area contributed by atoms with Crippen LogP contribution in [0.25, 0.3) is 0 Å². The summed E-state index contributed by atoms with van der Waals surface area (Å²) < 4.78 is 24.3. The van der Waals surface area contributed by atoms with E-state index < -0.39 is 0 Å². The molecule has 0 bridgehead atoms. The topological polar surface area (TPSA) is 30.5 Å². The average molecular weight is 275 g/mol. The molecule has 0 aromatic heterocycles. The molecule has 0 aliphatic rings. The molecule has 3 nitrogen and oxygen atoms in total. The van der Waals surface area contributed by atoms with Crippen LogP contribution in [0.4, 0.5) is 10.1 Å². The number of rotatable bonds is 6. The summed E-state index contributed by atoms with van der Waals surface area (Å²) in [6, 6.07) is 12.7. The third-order valence-corrected chi connectivity index (χ3v) is 2.91. The van der Waals surface area contributed by atoms with Gasteiger partial charge in [0.2, 0.25) is 0 Å². The molecule has 4 heteroatoms. The van der Waals surface area contributed by atoms with Crippen molar-refractivity contribution in [2.75, 3.05) is 19.0 Å². The number of methoxy groups -OCH3 is 1. The minimum atomic E-state index is -0.326. The number of hydrogen-bond acceptors (Lipinski definition) is 3. The summed E-state index contributed by atoms with van der Waals surface area (Å²) in [5.41, 5.74) is 1.48. The molecule has 1 N–H and O–H groups in total. The first-order valence-corrected chi connectivity index (χ1v) is 6.52. The Morgan fingerprint density at radius 1 is 1.10 bits per heavy atom. The van der Waals surface area contributed by atoms with Gasteiger partial charge in [-0.25, -0.2) is 4.39 Å². The van der Waals surface area contributed by atoms with Gasteiger partial charge in [0.15, 0.2) is 11.6 Å². The minimum Gasteiger partial charge on any atom is -0.494 e. The van der Waals surface area contributed by atoms with Crippen molar-refractivity contribution in [2.24, 2.45) is 0 Å². The van der Waals surface area contributed by atoms with Crippen LogP contribution in [-0.4, -0.2) is 13.7 Å². The van der Waals surface area contributed by atoms with Crippen molar-refractivity contribution in [1.29, 1.82) is 0 Å². The van der Waals surface area contributed by atoms with E-state index in [4.69, 9.17) is 9.47 Å². The SMILES string of the molecule is CCOc1ccc(NCc2cccc(OC)c2F)cc1. The summed E-state index contributed by atoms with van der Waals surface area (Å²) in [4.78, 5) is 0. The Hall–Kier alpha value is -2.23. The highest BCUT2D eigenvalue weighted by Gasteiger charge is 2.07. The first-order chi connectivity index (χ1) is 9.74. The van der Waals surface area contributed by atoms with Crippen LogP contribution in [-0.2, 0) is 6.54 Å². The Morgan fingerprint density at radius 3 is 2.50 bits per heavy atom. The zero-order valence-electron chi connectivity index (χ0n) is 11.7. The molecule has 2 aromatic carbocycles. The Labute approximate surface area is 118 Å². The van der Waals surface area contributed by atoms with Gasteiger partial charge in [-0.1, -0.05) is 12.1 Å². The van der Waals surface area contributed by atoms with Gasteiger partial charge in [-0.15, -0.1) is 0 Å². The summed E-state index contributed by atoms with van der Waals surface area (Å²) in [7, 11) is 1.46. The quantitative estimate of drug-likeness (QED) is 0.868. The molecule has 0 spiro atoms. The summed E-state index contributed by atoms with van der Waals surface area (Å²) in [6.07, 6.45) is 0. The number of ether oxygens (including phenoxy) is 2. The lowest BCUT2D eigenvalue weighted by Gasteiger charge is -2.10. The summed E-state index contributed by atoms with van der Waals surface area (Å²) in [5.74, 6) is 0.759. The molecule has 0 amide bonds. The Kier molecular flexibility index (Phi) is 4.82. The van der Waals surface area contributed by atoms with E-state index in [-0.39, 0.29) is 11.6 Å². The third kappa shape index (κ3) is 3.41. The van der Waals surface area contributed by atoms with Crippen LogP contribution in [0.5, 0.6) is 11.5 Å². The molecule has 0 unspecified atom stereocenters. The zero-order valence-corrected chi connectivity index (χ0v) is 11.7. The normalized spacial score (nSPS) is 10.2. The van der Waals surface area contributed by atoms with Gasteiger partial charge >= 0.3 is 0 Å². The van der Waals surface area contributed by atoms with Crippen molar-refractivity contribution in [3.8, 4) is 11.5 Å². The van der Waals surface area contributed by atoms with E-state index in [1.54, 1.807) is 18.2 Å². The van der Waals surface area contributed by atoms with Crippen molar-refractivity contribution < 1.29 is 13.9 Å². The van der Waals surface area contributed by atoms with E-state index >= 15 is 0 Å². The van der Waals surface area contributed by atoms with Crippen LogP contribution in [0.15, 0.2) is 42.5 Å². The number of benzene rings is 2. The third-order valence-electron chi connectivity index (χ3n) is 2.91. The molecule has 0 fully saturated rings. The molecule has 0 saturated carbocycles. The van der Waals surface area contributed by atoms with Gasteiger partial charge in [-0.2, -0.15) is 0 Å². The molecule has 0 aliphatic heterocycles. The maximum absolute atomic E-state index is 14.0. The number of hydrogen-bond donors (Lipinski definition) is 1. The zero-order chi connectivity index (χ0) is 14.4. The van der Waals surface area contributed by atoms with Crippen molar-refractivity contribution in [3.63, 3.8) is 0 Å². The lowest BCUT2D eigenvalue weighted by Crippen LogP contribution is -2.03. The standard InChI is InChI=1S/C16H18FNO2/c1-3-20-14-9-7-13(8-10-14)18-11-12-5-4-6-15(19-2)16(12)17/h4-10,18H,3,11H2,1-2H3. The Bertz CT molecular complexity index is 555. The van der Waals surface area contributed by atoms with Crippen LogP contribution < -0.4 is 14.8 Å². The second-order valence-electron chi connectivity index (χ2n) is 4.24. The fourth-order valence-electron chi connectivity index (χ4n) is 1.88. The van der Waals surface area contributed by atoms with Crippen LogP contribution in [0.3, 0.4) is 0 Å². The maximum atomic E-state index is 14.0. The molecule has 0 atom stereocenters. The largest absolute Gasteiger partial charge is 0.494 e. The van der Waals surface area contributed by atoms with E-state index in [1.807, 2.05) is 31.2 Å². The van der Waals surface area contributed by atoms with Crippen molar-refractivity contribution >= 4 is 5.69 Å². The van der Waals surface area contributed by atoms with E-state index in [0.29, 0.717) is 18.7 Å². The van der Waals surface area contributed by atoms with Crippen LogP contribution >= 0.6 is 0 Å². The lowest BCUT2D eigenvalue weighted by atomic mass is 10.2. The first-order valence-electron chi connectivity index (χ1n) is 6.52. The van der Waals surface area contributed by atoms with Gasteiger partial charge in [0, 0.05) is 17.8 Å². The Morgan fingerprint density at radius 2 is 1.85 bits per heavy atom. The molecule has 20 heavy (non-hydrogen) atoms. The minimum absolute atomic E-state index is 0.260. The van der Waals surface area contributed by atoms with E-state index in [2.05, 4.69) is 5.32 Å². The number of anilines is 1. The van der Waals surface area contributed by atoms with Crippen molar-refractivity contribution in [3.05, 3.63) is 53.8 Å². The summed E-state index contributed by atoms with van der Waals surface area (Å²) in [5, 5.41) is 3.17. The van der Waals surface area contributed by atoms with Gasteiger partial charge in [0.1, 0.15) is 5.75 Å². The summed E-state index contributed by atoms with van der Waals surface area (Å²) >= 11 is 0. The second-order valence-corrected chi connectivity index (χ2v) is 4.24. The van der Waals surface area contributed by atoms with Gasteiger partial charge in [0.05, 0.1) is 13.7 Å². The van der Waals surface area contributed by atoms with Crippen LogP contribution in [0.2, 0.25) is 0 Å². The fourth-order valence-corrected chi connectivity index (χ4v) is 1.88. The molecule has 0 saturated heterocycles. The molecule has 2 rings (SSSR count). The van der Waals surface area contributed by atoms with Crippen molar-refractivity contribution in [2.45, 2.75) is 13.5 Å². The van der Waals surface area contributed by atoms with Crippen LogP contribution in [0, 0.1) is 5.82 Å². The number of halogens is 1. The molecule has 0 radical (unpaired) electrons. The monoisotopic (exact) mass is 275 g/mol. The van der Waals surface area contributed by atoms with Gasteiger partial charge in [0.25, 0.3) is 0 Å². The smallest absolute Gasteiger partial charge is 0.170 e. The van der Waals surface area contributed by atoms with E-state index in [0.717, 1.165) is 11.4 Å². The number of nitrogens with one attached hydrogen (secondary N) is 1. The highest BCUT2D eigenvalue weighted by Crippen LogP contribution is 2.21. The maximum Gasteiger partial charge on any atom is 0.170 e. The Balaban J connectivity index is 2.01. The molecular formula is C16H18FNO2. The fraction of sp³-hybridized carbons (Fsp3) is 0.250.